The lowest BCUT2D eigenvalue weighted by Crippen LogP contribution is -2.21. The minimum Gasteiger partial charge on any atom is -0.480 e. The molecule has 0 radical (unpaired) electrons. The highest BCUT2D eigenvalue weighted by Gasteiger charge is 2.17. The zero-order valence-corrected chi connectivity index (χ0v) is 11.0. The molecule has 0 aliphatic carbocycles. The van der Waals surface area contributed by atoms with Gasteiger partial charge in [0.15, 0.2) is 5.13 Å². The Labute approximate surface area is 112 Å². The molecular formula is C10H12N4O2S2. The maximum absolute atomic E-state index is 10.7. The van der Waals surface area contributed by atoms with E-state index < -0.39 is 12.0 Å². The van der Waals surface area contributed by atoms with Crippen molar-refractivity contribution in [2.24, 2.45) is 5.73 Å². The Bertz CT molecular complexity index is 512. The number of hydrogen-bond acceptors (Lipinski definition) is 7. The summed E-state index contributed by atoms with van der Waals surface area (Å²) in [5, 5.41) is 16.2. The molecule has 4 N–H and O–H groups in total. The van der Waals surface area contributed by atoms with Crippen molar-refractivity contribution in [1.82, 2.24) is 9.97 Å². The van der Waals surface area contributed by atoms with Crippen LogP contribution in [-0.4, -0.2) is 27.6 Å². The topological polar surface area (TPSA) is 101 Å². The van der Waals surface area contributed by atoms with E-state index in [1.807, 2.05) is 5.38 Å². The first kappa shape index (κ1) is 12.9. The Balaban J connectivity index is 1.85. The molecule has 0 aliphatic heterocycles. The third-order valence-electron chi connectivity index (χ3n) is 2.25. The van der Waals surface area contributed by atoms with Gasteiger partial charge in [0.25, 0.3) is 0 Å². The smallest absolute Gasteiger partial charge is 0.326 e. The second-order valence-electron chi connectivity index (χ2n) is 3.55. The second-order valence-corrected chi connectivity index (χ2v) is 5.13. The van der Waals surface area contributed by atoms with Gasteiger partial charge in [-0.2, -0.15) is 0 Å². The van der Waals surface area contributed by atoms with Gasteiger partial charge in [-0.3, -0.25) is 4.79 Å². The first-order valence-corrected chi connectivity index (χ1v) is 7.04. The first-order chi connectivity index (χ1) is 8.66. The predicted octanol–water partition coefficient (Wildman–Crippen LogP) is 1.34. The van der Waals surface area contributed by atoms with E-state index in [9.17, 15) is 4.79 Å². The van der Waals surface area contributed by atoms with Crippen LogP contribution in [-0.2, 0) is 11.2 Å². The lowest BCUT2D eigenvalue weighted by Gasteiger charge is -2.02. The van der Waals surface area contributed by atoms with Crippen molar-refractivity contribution in [1.29, 1.82) is 0 Å². The maximum Gasteiger partial charge on any atom is 0.326 e. The lowest BCUT2D eigenvalue weighted by atomic mass is 10.2. The van der Waals surface area contributed by atoms with Gasteiger partial charge in [0.2, 0.25) is 0 Å². The van der Waals surface area contributed by atoms with Crippen LogP contribution in [0.3, 0.4) is 0 Å². The average Bonchev–Trinajstić information content (AvgIpc) is 2.99. The van der Waals surface area contributed by atoms with Crippen LogP contribution < -0.4 is 11.1 Å². The molecule has 2 heterocycles. The van der Waals surface area contributed by atoms with Gasteiger partial charge in [0, 0.05) is 23.7 Å². The number of nitrogens with one attached hydrogen (secondary N) is 1. The monoisotopic (exact) mass is 284 g/mol. The van der Waals surface area contributed by atoms with Crippen LogP contribution in [0, 0.1) is 0 Å². The number of carbonyl (C=O) groups is 1. The predicted molar refractivity (Wildman–Crippen MR) is 71.0 cm³/mol. The molecule has 0 bridgehead atoms. The summed E-state index contributed by atoms with van der Waals surface area (Å²) in [6.07, 6.45) is 0.809. The van der Waals surface area contributed by atoms with Crippen LogP contribution in [0.25, 0.3) is 0 Å². The van der Waals surface area contributed by atoms with E-state index in [0.29, 0.717) is 17.4 Å². The highest BCUT2D eigenvalue weighted by Crippen LogP contribution is 2.19. The van der Waals surface area contributed by atoms with E-state index in [1.165, 1.54) is 11.3 Å². The largest absolute Gasteiger partial charge is 0.480 e. The molecule has 0 fully saturated rings. The van der Waals surface area contributed by atoms with E-state index >= 15 is 0 Å². The number of nitrogens with zero attached hydrogens (tertiary/aromatic N) is 2. The van der Waals surface area contributed by atoms with Crippen molar-refractivity contribution in [2.45, 2.75) is 12.5 Å². The summed E-state index contributed by atoms with van der Waals surface area (Å²) in [5.74, 6) is -1.07. The number of thiazole rings is 2. The Morgan fingerprint density at radius 3 is 3.06 bits per heavy atom. The lowest BCUT2D eigenvalue weighted by molar-refractivity contribution is -0.138. The van der Waals surface area contributed by atoms with Gasteiger partial charge in [-0.1, -0.05) is 0 Å². The van der Waals surface area contributed by atoms with E-state index in [1.54, 1.807) is 22.2 Å². The molecule has 0 amide bonds. The van der Waals surface area contributed by atoms with Crippen LogP contribution >= 0.6 is 22.7 Å². The third kappa shape index (κ3) is 3.25. The molecule has 6 nitrogen and oxygen atoms in total. The number of nitrogens with two attached hydrogens (primary N) is 1. The van der Waals surface area contributed by atoms with Gasteiger partial charge in [-0.05, 0) is 0 Å². The number of hydrogen-bond donors (Lipinski definition) is 3. The summed E-state index contributed by atoms with van der Waals surface area (Å²) >= 11 is 2.91. The maximum atomic E-state index is 10.7. The number of aromatic nitrogens is 2. The first-order valence-electron chi connectivity index (χ1n) is 5.21. The number of anilines is 1. The van der Waals surface area contributed by atoms with Gasteiger partial charge in [0.1, 0.15) is 6.04 Å². The molecule has 0 saturated carbocycles. The molecule has 0 aromatic carbocycles. The molecule has 2 rings (SSSR count). The zero-order valence-electron chi connectivity index (χ0n) is 9.37. The molecule has 18 heavy (non-hydrogen) atoms. The normalized spacial score (nSPS) is 12.3. The van der Waals surface area contributed by atoms with Crippen molar-refractivity contribution in [3.8, 4) is 0 Å². The molecule has 8 heteroatoms. The summed E-state index contributed by atoms with van der Waals surface area (Å²) < 4.78 is 0. The molecule has 1 unspecified atom stereocenters. The zero-order chi connectivity index (χ0) is 13.0. The summed E-state index contributed by atoms with van der Waals surface area (Å²) in [5.41, 5.74) is 8.67. The number of carboxylic acid groups (broad SMARTS) is 1. The van der Waals surface area contributed by atoms with Crippen molar-refractivity contribution in [3.63, 3.8) is 0 Å². The molecule has 2 aromatic heterocycles. The fourth-order valence-corrected chi connectivity index (χ4v) is 2.66. The second kappa shape index (κ2) is 5.89. The van der Waals surface area contributed by atoms with Crippen molar-refractivity contribution in [3.05, 3.63) is 27.7 Å². The highest BCUT2D eigenvalue weighted by atomic mass is 32.1. The number of rotatable bonds is 6. The van der Waals surface area contributed by atoms with Gasteiger partial charge in [-0.15, -0.1) is 22.7 Å². The quantitative estimate of drug-likeness (QED) is 0.740. The fraction of sp³-hybridized carbons (Fsp3) is 0.300. The fourth-order valence-electron chi connectivity index (χ4n) is 1.30. The van der Waals surface area contributed by atoms with Crippen LogP contribution in [0.2, 0.25) is 0 Å². The van der Waals surface area contributed by atoms with Crippen LogP contribution in [0.1, 0.15) is 17.4 Å². The van der Waals surface area contributed by atoms with Crippen molar-refractivity contribution < 1.29 is 9.90 Å². The number of aliphatic carboxylic acids is 1. The standard InChI is InChI=1S/C10H12N4O2S2/c11-8(9(15)16)7-4-18-10(14-7)12-2-1-6-3-17-5-13-6/h3-5,8H,1-2,11H2,(H,12,14)(H,15,16). The van der Waals surface area contributed by atoms with Crippen LogP contribution in [0.5, 0.6) is 0 Å². The molecule has 1 atom stereocenters. The Hall–Kier alpha value is -1.51. The third-order valence-corrected chi connectivity index (χ3v) is 3.70. The Morgan fingerprint density at radius 2 is 2.39 bits per heavy atom. The Kier molecular flexibility index (Phi) is 4.24. The van der Waals surface area contributed by atoms with Crippen LogP contribution in [0.4, 0.5) is 5.13 Å². The van der Waals surface area contributed by atoms with E-state index in [4.69, 9.17) is 10.8 Å². The minimum absolute atomic E-state index is 0.378. The Morgan fingerprint density at radius 1 is 1.56 bits per heavy atom. The molecule has 2 aromatic rings. The van der Waals surface area contributed by atoms with Gasteiger partial charge in [-0.25, -0.2) is 9.97 Å². The average molecular weight is 284 g/mol. The van der Waals surface area contributed by atoms with E-state index in [-0.39, 0.29) is 0 Å². The minimum atomic E-state index is -1.07. The van der Waals surface area contributed by atoms with Gasteiger partial charge in [0.05, 0.1) is 16.9 Å². The van der Waals surface area contributed by atoms with Crippen LogP contribution in [0.15, 0.2) is 16.3 Å². The van der Waals surface area contributed by atoms with E-state index in [2.05, 4.69) is 15.3 Å². The molecule has 0 aliphatic rings. The molecule has 0 spiro atoms. The summed E-state index contributed by atoms with van der Waals surface area (Å²) in [6.45, 7) is 0.707. The summed E-state index contributed by atoms with van der Waals surface area (Å²) in [7, 11) is 0. The molecule has 96 valence electrons. The van der Waals surface area contributed by atoms with E-state index in [0.717, 1.165) is 12.1 Å². The van der Waals surface area contributed by atoms with Gasteiger partial charge >= 0.3 is 5.97 Å². The molecular weight excluding hydrogens is 272 g/mol. The summed E-state index contributed by atoms with van der Waals surface area (Å²) in [4.78, 5) is 19.0. The van der Waals surface area contributed by atoms with Crippen molar-refractivity contribution >= 4 is 33.8 Å². The highest BCUT2D eigenvalue weighted by molar-refractivity contribution is 7.13. The molecule has 0 saturated heterocycles. The summed E-state index contributed by atoms with van der Waals surface area (Å²) in [6, 6.07) is -1.06. The van der Waals surface area contributed by atoms with Gasteiger partial charge < -0.3 is 16.2 Å². The number of carboxylic acids is 1. The van der Waals surface area contributed by atoms with Crippen molar-refractivity contribution in [2.75, 3.05) is 11.9 Å². The SMILES string of the molecule is NC(C(=O)O)c1csc(NCCc2cscn2)n1.